The van der Waals surface area contributed by atoms with Crippen molar-refractivity contribution in [3.05, 3.63) is 0 Å². The van der Waals surface area contributed by atoms with Crippen molar-refractivity contribution in [2.45, 2.75) is 37.4 Å². The van der Waals surface area contributed by atoms with E-state index in [9.17, 15) is 33.9 Å². The molecule has 0 unspecified atom stereocenters. The molecule has 10 N–H and O–H groups in total. The summed E-state index contributed by atoms with van der Waals surface area (Å²) in [5.41, 5.74) is 9.98. The summed E-state index contributed by atoms with van der Waals surface area (Å²) in [5, 5.41) is 33.1. The van der Waals surface area contributed by atoms with E-state index in [1.165, 1.54) is 0 Å². The van der Waals surface area contributed by atoms with Gasteiger partial charge in [0.15, 0.2) is 0 Å². The molecule has 0 aliphatic carbocycles. The number of aliphatic carboxylic acids is 2. The fraction of sp³-hybridized carbons (Fsp3) is 0.571. The van der Waals surface area contributed by atoms with Gasteiger partial charge in [-0.25, -0.2) is 4.79 Å². The van der Waals surface area contributed by atoms with Crippen LogP contribution in [0, 0.1) is 0 Å². The van der Waals surface area contributed by atoms with Gasteiger partial charge in [0.2, 0.25) is 23.6 Å². The first-order valence-corrected chi connectivity index (χ1v) is 7.95. The molecule has 0 aromatic carbocycles. The summed E-state index contributed by atoms with van der Waals surface area (Å²) in [7, 11) is 0. The first-order valence-electron chi connectivity index (χ1n) is 7.95. The first-order chi connectivity index (χ1) is 13.0. The second-order valence-electron chi connectivity index (χ2n) is 5.57. The lowest BCUT2D eigenvalue weighted by Crippen LogP contribution is -2.57. The van der Waals surface area contributed by atoms with Crippen molar-refractivity contribution in [2.24, 2.45) is 11.5 Å². The predicted octanol–water partition coefficient (Wildman–Crippen LogP) is -4.78. The third kappa shape index (κ3) is 9.44. The summed E-state index contributed by atoms with van der Waals surface area (Å²) in [6.07, 6.45) is -1.73. The van der Waals surface area contributed by atoms with E-state index < -0.39 is 86.1 Å². The Balaban J connectivity index is 5.27. The molecule has 3 atom stereocenters. The van der Waals surface area contributed by atoms with Gasteiger partial charge in [0.25, 0.3) is 0 Å². The molecule has 0 aromatic rings. The molecule has 0 aliphatic rings. The van der Waals surface area contributed by atoms with E-state index >= 15 is 0 Å². The lowest BCUT2D eigenvalue weighted by atomic mass is 10.1. The number of nitrogens with one attached hydrogen (secondary N) is 3. The Bertz CT molecular complexity index is 624. The van der Waals surface area contributed by atoms with Gasteiger partial charge in [-0.2, -0.15) is 0 Å². The van der Waals surface area contributed by atoms with E-state index in [0.717, 1.165) is 0 Å². The van der Waals surface area contributed by atoms with Crippen LogP contribution in [0.2, 0.25) is 0 Å². The number of carbonyl (C=O) groups excluding carboxylic acids is 4. The number of rotatable bonds is 13. The van der Waals surface area contributed by atoms with Crippen molar-refractivity contribution >= 4 is 35.6 Å². The SMILES string of the molecule is NCC(=O)N[C@@H](CO)C(=O)N[C@@H](CCC(=O)O)C(=O)N[C@@H](CC(N)=O)C(=O)O. The average molecular weight is 405 g/mol. The fourth-order valence-corrected chi connectivity index (χ4v) is 1.93. The number of aliphatic hydroxyl groups is 1. The molecule has 4 amide bonds. The van der Waals surface area contributed by atoms with Crippen molar-refractivity contribution in [3.8, 4) is 0 Å². The molecule has 0 saturated heterocycles. The fourth-order valence-electron chi connectivity index (χ4n) is 1.93. The minimum absolute atomic E-state index is 0.432. The number of aliphatic hydroxyl groups excluding tert-OH is 1. The topological polar surface area (TPSA) is 251 Å². The summed E-state index contributed by atoms with van der Waals surface area (Å²) >= 11 is 0. The number of carboxylic acid groups (broad SMARTS) is 2. The van der Waals surface area contributed by atoms with Gasteiger partial charge in [-0.3, -0.25) is 24.0 Å². The molecule has 28 heavy (non-hydrogen) atoms. The Morgan fingerprint density at radius 1 is 0.857 bits per heavy atom. The monoisotopic (exact) mass is 405 g/mol. The molecular formula is C14H23N5O9. The Hall–Kier alpha value is -3.26. The smallest absolute Gasteiger partial charge is 0.326 e. The maximum absolute atomic E-state index is 12.3. The van der Waals surface area contributed by atoms with Gasteiger partial charge in [0, 0.05) is 6.42 Å². The molecule has 0 spiro atoms. The van der Waals surface area contributed by atoms with Gasteiger partial charge in [0.05, 0.1) is 19.6 Å². The standard InChI is InChI=1S/C14H23N5O9/c15-4-10(22)17-8(5-20)13(26)18-6(1-2-11(23)24)12(25)19-7(14(27)28)3-9(16)21/h6-8,20H,1-5,15H2,(H2,16,21)(H,17,22)(H,18,26)(H,19,25)(H,23,24)(H,27,28)/t6-,7-,8-/m0/s1. The molecule has 14 nitrogen and oxygen atoms in total. The number of hydrogen-bond donors (Lipinski definition) is 8. The number of carboxylic acids is 2. The number of nitrogens with two attached hydrogens (primary N) is 2. The summed E-state index contributed by atoms with van der Waals surface area (Å²) in [6, 6.07) is -4.70. The van der Waals surface area contributed by atoms with Crippen LogP contribution >= 0.6 is 0 Å². The molecule has 0 heterocycles. The van der Waals surface area contributed by atoms with E-state index in [1.54, 1.807) is 0 Å². The Labute approximate surface area is 158 Å². The summed E-state index contributed by atoms with van der Waals surface area (Å²) < 4.78 is 0. The van der Waals surface area contributed by atoms with Crippen LogP contribution in [-0.4, -0.2) is 82.2 Å². The van der Waals surface area contributed by atoms with E-state index in [4.69, 9.17) is 21.7 Å². The van der Waals surface area contributed by atoms with Crippen LogP contribution in [0.5, 0.6) is 0 Å². The number of hydrogen-bond acceptors (Lipinski definition) is 8. The maximum atomic E-state index is 12.3. The minimum Gasteiger partial charge on any atom is -0.481 e. The van der Waals surface area contributed by atoms with Crippen molar-refractivity contribution in [1.82, 2.24) is 16.0 Å². The highest BCUT2D eigenvalue weighted by Gasteiger charge is 2.30. The predicted molar refractivity (Wildman–Crippen MR) is 90.2 cm³/mol. The molecular weight excluding hydrogens is 382 g/mol. The van der Waals surface area contributed by atoms with E-state index in [1.807, 2.05) is 5.32 Å². The van der Waals surface area contributed by atoms with Gasteiger partial charge >= 0.3 is 11.9 Å². The Morgan fingerprint density at radius 3 is 1.82 bits per heavy atom. The molecule has 0 radical (unpaired) electrons. The largest absolute Gasteiger partial charge is 0.481 e. The highest BCUT2D eigenvalue weighted by Crippen LogP contribution is 2.02. The lowest BCUT2D eigenvalue weighted by Gasteiger charge is -2.23. The zero-order valence-electron chi connectivity index (χ0n) is 14.7. The molecule has 0 aromatic heterocycles. The Kier molecular flexibility index (Phi) is 10.8. The maximum Gasteiger partial charge on any atom is 0.326 e. The van der Waals surface area contributed by atoms with Crippen LogP contribution in [0.15, 0.2) is 0 Å². The summed E-state index contributed by atoms with van der Waals surface area (Å²) in [6.45, 7) is -1.32. The number of amides is 4. The van der Waals surface area contributed by atoms with Crippen LogP contribution in [-0.2, 0) is 28.8 Å². The molecule has 0 fully saturated rings. The molecule has 158 valence electrons. The highest BCUT2D eigenvalue weighted by atomic mass is 16.4. The quantitative estimate of drug-likeness (QED) is 0.145. The normalized spacial score (nSPS) is 13.5. The van der Waals surface area contributed by atoms with Gasteiger partial charge in [-0.15, -0.1) is 0 Å². The van der Waals surface area contributed by atoms with Crippen LogP contribution in [0.4, 0.5) is 0 Å². The van der Waals surface area contributed by atoms with E-state index in [-0.39, 0.29) is 0 Å². The molecule has 14 heteroatoms. The third-order valence-electron chi connectivity index (χ3n) is 3.32. The average Bonchev–Trinajstić information content (AvgIpc) is 2.61. The van der Waals surface area contributed by atoms with Crippen LogP contribution in [0.3, 0.4) is 0 Å². The molecule has 0 bridgehead atoms. The van der Waals surface area contributed by atoms with Gasteiger partial charge in [-0.1, -0.05) is 0 Å². The third-order valence-corrected chi connectivity index (χ3v) is 3.32. The first kappa shape index (κ1) is 24.7. The van der Waals surface area contributed by atoms with E-state index in [0.29, 0.717) is 0 Å². The molecule has 0 aliphatic heterocycles. The second kappa shape index (κ2) is 12.2. The number of primary amides is 1. The van der Waals surface area contributed by atoms with Crippen LogP contribution in [0.1, 0.15) is 19.3 Å². The van der Waals surface area contributed by atoms with Gasteiger partial charge in [0.1, 0.15) is 18.1 Å². The van der Waals surface area contributed by atoms with Crippen molar-refractivity contribution in [1.29, 1.82) is 0 Å². The van der Waals surface area contributed by atoms with Crippen molar-refractivity contribution in [2.75, 3.05) is 13.2 Å². The van der Waals surface area contributed by atoms with Crippen LogP contribution < -0.4 is 27.4 Å². The van der Waals surface area contributed by atoms with Crippen molar-refractivity contribution < 1.29 is 44.1 Å². The second-order valence-corrected chi connectivity index (χ2v) is 5.57. The van der Waals surface area contributed by atoms with Crippen LogP contribution in [0.25, 0.3) is 0 Å². The summed E-state index contributed by atoms with van der Waals surface area (Å²) in [5.74, 6) is -6.77. The van der Waals surface area contributed by atoms with E-state index in [2.05, 4.69) is 10.6 Å². The zero-order chi connectivity index (χ0) is 21.9. The molecule has 0 saturated carbocycles. The number of carbonyl (C=O) groups is 6. The zero-order valence-corrected chi connectivity index (χ0v) is 14.7. The minimum atomic E-state index is -1.69. The van der Waals surface area contributed by atoms with Gasteiger partial charge in [-0.05, 0) is 6.42 Å². The highest BCUT2D eigenvalue weighted by molar-refractivity contribution is 5.94. The van der Waals surface area contributed by atoms with Crippen molar-refractivity contribution in [3.63, 3.8) is 0 Å². The summed E-state index contributed by atoms with van der Waals surface area (Å²) in [4.78, 5) is 68.4. The molecule has 0 rings (SSSR count). The lowest BCUT2D eigenvalue weighted by molar-refractivity contribution is -0.144. The van der Waals surface area contributed by atoms with Gasteiger partial charge < -0.3 is 42.7 Å². The Morgan fingerprint density at radius 2 is 1.39 bits per heavy atom.